The summed E-state index contributed by atoms with van der Waals surface area (Å²) in [7, 11) is 3.00. The maximum absolute atomic E-state index is 11.7. The molecule has 6 heteroatoms. The van der Waals surface area contributed by atoms with Crippen LogP contribution in [0.4, 0.5) is 0 Å². The first-order valence-electron chi connectivity index (χ1n) is 5.96. The lowest BCUT2D eigenvalue weighted by atomic mass is 9.96. The summed E-state index contributed by atoms with van der Waals surface area (Å²) in [5.74, 6) is -0.554. The molecular weight excluding hydrogens is 262 g/mol. The van der Waals surface area contributed by atoms with Crippen LogP contribution in [0.2, 0.25) is 0 Å². The van der Waals surface area contributed by atoms with Crippen molar-refractivity contribution in [3.63, 3.8) is 0 Å². The van der Waals surface area contributed by atoms with E-state index < -0.39 is 17.7 Å². The van der Waals surface area contributed by atoms with E-state index in [0.717, 1.165) is 0 Å². The minimum absolute atomic E-state index is 0.0292. The number of hydrogen-bond acceptors (Lipinski definition) is 5. The van der Waals surface area contributed by atoms with Gasteiger partial charge in [0.15, 0.2) is 11.5 Å². The van der Waals surface area contributed by atoms with Gasteiger partial charge in [-0.15, -0.1) is 0 Å². The minimum Gasteiger partial charge on any atom is -0.503 e. The van der Waals surface area contributed by atoms with Crippen molar-refractivity contribution in [3.05, 3.63) is 35.1 Å². The number of aliphatic hydroxyl groups is 1. The van der Waals surface area contributed by atoms with Crippen LogP contribution in [-0.2, 0) is 9.59 Å². The number of Topliss-reactive ketones (excluding diaryl/α,β-unsaturated/α-hetero) is 1. The number of carbonyl (C=O) groups excluding carboxylic acids is 2. The topological polar surface area (TPSA) is 84.9 Å². The summed E-state index contributed by atoms with van der Waals surface area (Å²) in [6.45, 7) is 1.30. The highest BCUT2D eigenvalue weighted by molar-refractivity contribution is 6.08. The fourth-order valence-electron chi connectivity index (χ4n) is 2.20. The number of carbonyl (C=O) groups is 2. The molecule has 0 spiro atoms. The van der Waals surface area contributed by atoms with Gasteiger partial charge in [-0.2, -0.15) is 0 Å². The Labute approximate surface area is 116 Å². The molecule has 0 aromatic heterocycles. The number of ether oxygens (including phenoxy) is 2. The van der Waals surface area contributed by atoms with Gasteiger partial charge in [-0.25, -0.2) is 0 Å². The first kappa shape index (κ1) is 13.9. The molecular formula is C14H15NO5. The zero-order chi connectivity index (χ0) is 14.9. The van der Waals surface area contributed by atoms with Gasteiger partial charge < -0.3 is 19.9 Å². The second-order valence-corrected chi connectivity index (χ2v) is 4.33. The smallest absolute Gasteiger partial charge is 0.287 e. The average Bonchev–Trinajstić information content (AvgIpc) is 2.74. The third kappa shape index (κ3) is 2.20. The largest absolute Gasteiger partial charge is 0.503 e. The monoisotopic (exact) mass is 277 g/mol. The van der Waals surface area contributed by atoms with E-state index in [0.29, 0.717) is 17.1 Å². The van der Waals surface area contributed by atoms with Gasteiger partial charge in [0.05, 0.1) is 25.8 Å². The van der Waals surface area contributed by atoms with Crippen molar-refractivity contribution in [1.82, 2.24) is 5.32 Å². The van der Waals surface area contributed by atoms with Crippen LogP contribution in [0.1, 0.15) is 18.5 Å². The molecule has 1 atom stereocenters. The molecule has 106 valence electrons. The van der Waals surface area contributed by atoms with E-state index in [1.54, 1.807) is 18.2 Å². The predicted molar refractivity (Wildman–Crippen MR) is 70.8 cm³/mol. The molecule has 1 aliphatic rings. The molecule has 0 aliphatic carbocycles. The maximum Gasteiger partial charge on any atom is 0.287 e. The highest BCUT2D eigenvalue weighted by Crippen LogP contribution is 2.37. The van der Waals surface area contributed by atoms with Crippen LogP contribution < -0.4 is 14.8 Å². The molecule has 1 aliphatic heterocycles. The van der Waals surface area contributed by atoms with E-state index in [2.05, 4.69) is 5.32 Å². The van der Waals surface area contributed by atoms with Crippen molar-refractivity contribution in [3.8, 4) is 11.5 Å². The van der Waals surface area contributed by atoms with E-state index in [1.807, 2.05) is 0 Å². The normalized spacial score (nSPS) is 17.9. The van der Waals surface area contributed by atoms with Crippen LogP contribution in [-0.4, -0.2) is 31.0 Å². The Morgan fingerprint density at radius 1 is 1.30 bits per heavy atom. The molecule has 1 amide bonds. The number of ketones is 1. The van der Waals surface area contributed by atoms with Crippen molar-refractivity contribution >= 4 is 11.7 Å². The van der Waals surface area contributed by atoms with Crippen LogP contribution in [0.25, 0.3) is 0 Å². The molecule has 20 heavy (non-hydrogen) atoms. The summed E-state index contributed by atoms with van der Waals surface area (Å²) in [5, 5.41) is 12.3. The molecule has 0 saturated heterocycles. The van der Waals surface area contributed by atoms with E-state index >= 15 is 0 Å². The minimum atomic E-state index is -0.745. The summed E-state index contributed by atoms with van der Waals surface area (Å²) in [6, 6.07) is 4.29. The molecule has 0 bridgehead atoms. The summed E-state index contributed by atoms with van der Waals surface area (Å²) in [5.41, 5.74) is 0.580. The first-order chi connectivity index (χ1) is 9.49. The number of methoxy groups -OCH3 is 2. The Bertz CT molecular complexity index is 606. The molecule has 2 N–H and O–H groups in total. The van der Waals surface area contributed by atoms with Gasteiger partial charge in [0, 0.05) is 5.56 Å². The highest BCUT2D eigenvalue weighted by atomic mass is 16.5. The second kappa shape index (κ2) is 5.24. The lowest BCUT2D eigenvalue weighted by Gasteiger charge is -2.17. The molecule has 0 radical (unpaired) electrons. The maximum atomic E-state index is 11.7. The zero-order valence-corrected chi connectivity index (χ0v) is 11.4. The SMILES string of the molecule is COc1ccc(OC)c(C2NC(=O)C(O)=C2C(C)=O)c1. The third-order valence-corrected chi connectivity index (χ3v) is 3.16. The van der Waals surface area contributed by atoms with Crippen molar-refractivity contribution in [2.75, 3.05) is 14.2 Å². The van der Waals surface area contributed by atoms with Crippen molar-refractivity contribution in [2.24, 2.45) is 0 Å². The average molecular weight is 277 g/mol. The molecule has 6 nitrogen and oxygen atoms in total. The quantitative estimate of drug-likeness (QED) is 0.866. The summed E-state index contributed by atoms with van der Waals surface area (Å²) in [6.07, 6.45) is 0. The van der Waals surface area contributed by atoms with E-state index in [4.69, 9.17) is 9.47 Å². The lowest BCUT2D eigenvalue weighted by molar-refractivity contribution is -0.119. The van der Waals surface area contributed by atoms with Crippen LogP contribution in [0, 0.1) is 0 Å². The van der Waals surface area contributed by atoms with Crippen LogP contribution in [0.3, 0.4) is 0 Å². The lowest BCUT2D eigenvalue weighted by Crippen LogP contribution is -2.23. The summed E-state index contributed by atoms with van der Waals surface area (Å²) in [4.78, 5) is 23.2. The van der Waals surface area contributed by atoms with E-state index in [9.17, 15) is 14.7 Å². The summed E-state index contributed by atoms with van der Waals surface area (Å²) >= 11 is 0. The molecule has 0 saturated carbocycles. The van der Waals surface area contributed by atoms with Gasteiger partial charge in [0.2, 0.25) is 0 Å². The van der Waals surface area contributed by atoms with Crippen LogP contribution in [0.15, 0.2) is 29.5 Å². The van der Waals surface area contributed by atoms with Crippen LogP contribution in [0.5, 0.6) is 11.5 Å². The first-order valence-corrected chi connectivity index (χ1v) is 5.96. The molecule has 1 heterocycles. The van der Waals surface area contributed by atoms with Gasteiger partial charge in [-0.05, 0) is 25.1 Å². The fraction of sp³-hybridized carbons (Fsp3) is 0.286. The molecule has 2 rings (SSSR count). The Hall–Kier alpha value is -2.50. The van der Waals surface area contributed by atoms with Gasteiger partial charge in [-0.1, -0.05) is 0 Å². The predicted octanol–water partition coefficient (Wildman–Crippen LogP) is 1.28. The highest BCUT2D eigenvalue weighted by Gasteiger charge is 2.36. The van der Waals surface area contributed by atoms with Gasteiger partial charge in [0.25, 0.3) is 5.91 Å². The van der Waals surface area contributed by atoms with E-state index in [-0.39, 0.29) is 11.4 Å². The molecule has 1 unspecified atom stereocenters. The Kier molecular flexibility index (Phi) is 3.65. The van der Waals surface area contributed by atoms with Gasteiger partial charge >= 0.3 is 0 Å². The standard InChI is InChI=1S/C14H15NO5/c1-7(16)11-12(15-14(18)13(11)17)9-6-8(19-2)4-5-10(9)20-3/h4-6,12,17H,1-3H3,(H,15,18). The molecule has 1 aromatic carbocycles. The second-order valence-electron chi connectivity index (χ2n) is 4.33. The zero-order valence-electron chi connectivity index (χ0n) is 11.4. The van der Waals surface area contributed by atoms with Crippen molar-refractivity contribution in [1.29, 1.82) is 0 Å². The third-order valence-electron chi connectivity index (χ3n) is 3.16. The van der Waals surface area contributed by atoms with E-state index in [1.165, 1.54) is 21.1 Å². The summed E-state index contributed by atoms with van der Waals surface area (Å²) < 4.78 is 10.4. The number of rotatable bonds is 4. The number of aliphatic hydroxyl groups excluding tert-OH is 1. The molecule has 1 aromatic rings. The van der Waals surface area contributed by atoms with Crippen molar-refractivity contribution < 1.29 is 24.2 Å². The number of amides is 1. The van der Waals surface area contributed by atoms with Crippen LogP contribution >= 0.6 is 0 Å². The Morgan fingerprint density at radius 3 is 2.55 bits per heavy atom. The van der Waals surface area contributed by atoms with Crippen molar-refractivity contribution in [2.45, 2.75) is 13.0 Å². The number of benzene rings is 1. The van der Waals surface area contributed by atoms with Gasteiger partial charge in [-0.3, -0.25) is 9.59 Å². The van der Waals surface area contributed by atoms with Gasteiger partial charge in [0.1, 0.15) is 11.5 Å². The molecule has 0 fully saturated rings. The number of nitrogens with one attached hydrogen (secondary N) is 1. The fourth-order valence-corrected chi connectivity index (χ4v) is 2.20. The number of hydrogen-bond donors (Lipinski definition) is 2. The Balaban J connectivity index is 2.56. The Morgan fingerprint density at radius 2 is 2.00 bits per heavy atom.